The molecule has 1 aliphatic carbocycles. The Kier molecular flexibility index (Phi) is 5.20. The fourth-order valence-electron chi connectivity index (χ4n) is 1.63. The largest absolute Gasteiger partial charge is 0.458 e. The molecule has 0 aromatic carbocycles. The smallest absolute Gasteiger partial charge is 0.329 e. The van der Waals surface area contributed by atoms with Crippen LogP contribution in [0.4, 0.5) is 4.79 Å². The van der Waals surface area contributed by atoms with Gasteiger partial charge in [-0.25, -0.2) is 9.59 Å². The summed E-state index contributed by atoms with van der Waals surface area (Å²) in [6.07, 6.45) is 2.84. The van der Waals surface area contributed by atoms with Crippen LogP contribution in [0.1, 0.15) is 53.9 Å². The Morgan fingerprint density at radius 2 is 1.89 bits per heavy atom. The van der Waals surface area contributed by atoms with Gasteiger partial charge in [0.1, 0.15) is 11.6 Å². The van der Waals surface area contributed by atoms with E-state index in [4.69, 9.17) is 4.74 Å². The molecule has 1 saturated carbocycles. The highest BCUT2D eigenvalue weighted by atomic mass is 16.6. The van der Waals surface area contributed by atoms with E-state index in [-0.39, 0.29) is 24.0 Å². The Balaban J connectivity index is 2.59. The predicted octanol–water partition coefficient (Wildman–Crippen LogP) is 2.20. The molecular weight excluding hydrogens is 244 g/mol. The monoisotopic (exact) mass is 270 g/mol. The van der Waals surface area contributed by atoms with Gasteiger partial charge in [-0.05, 0) is 39.5 Å². The van der Waals surface area contributed by atoms with Gasteiger partial charge in [-0.1, -0.05) is 20.3 Å². The average molecular weight is 270 g/mol. The summed E-state index contributed by atoms with van der Waals surface area (Å²) in [5.74, 6) is -0.326. The van der Waals surface area contributed by atoms with E-state index in [1.165, 1.54) is 0 Å². The SMILES string of the molecule is CC[C@H](C)[C@H](NC(=O)NC1CC1)C(=O)OC(C)(C)C. The number of amides is 2. The highest BCUT2D eigenvalue weighted by molar-refractivity contribution is 5.84. The van der Waals surface area contributed by atoms with Crippen molar-refractivity contribution in [3.05, 3.63) is 0 Å². The summed E-state index contributed by atoms with van der Waals surface area (Å²) in [7, 11) is 0. The molecule has 1 rings (SSSR count). The van der Waals surface area contributed by atoms with Gasteiger partial charge in [0.2, 0.25) is 0 Å². The Morgan fingerprint density at radius 1 is 1.32 bits per heavy atom. The number of carbonyl (C=O) groups excluding carboxylic acids is 2. The number of carbonyl (C=O) groups is 2. The van der Waals surface area contributed by atoms with E-state index >= 15 is 0 Å². The van der Waals surface area contributed by atoms with Crippen molar-refractivity contribution in [2.75, 3.05) is 0 Å². The van der Waals surface area contributed by atoms with E-state index in [1.807, 2.05) is 34.6 Å². The number of rotatable bonds is 5. The first-order valence-corrected chi connectivity index (χ1v) is 7.03. The normalized spacial score (nSPS) is 18.4. The van der Waals surface area contributed by atoms with Crippen molar-refractivity contribution in [2.45, 2.75) is 71.6 Å². The lowest BCUT2D eigenvalue weighted by Crippen LogP contribution is -2.51. The molecule has 2 atom stereocenters. The van der Waals surface area contributed by atoms with Gasteiger partial charge in [-0.2, -0.15) is 0 Å². The molecule has 0 aromatic rings. The third kappa shape index (κ3) is 5.94. The van der Waals surface area contributed by atoms with E-state index in [0.717, 1.165) is 19.3 Å². The molecule has 0 spiro atoms. The number of hydrogen-bond donors (Lipinski definition) is 2. The van der Waals surface area contributed by atoms with Crippen LogP contribution in [0, 0.1) is 5.92 Å². The van der Waals surface area contributed by atoms with Crippen LogP contribution in [0.5, 0.6) is 0 Å². The lowest BCUT2D eigenvalue weighted by atomic mass is 9.99. The lowest BCUT2D eigenvalue weighted by Gasteiger charge is -2.27. The minimum atomic E-state index is -0.594. The summed E-state index contributed by atoms with van der Waals surface area (Å²) in [6.45, 7) is 9.39. The number of ether oxygens (including phenoxy) is 1. The van der Waals surface area contributed by atoms with Gasteiger partial charge >= 0.3 is 12.0 Å². The second kappa shape index (κ2) is 6.26. The van der Waals surface area contributed by atoms with Crippen molar-refractivity contribution in [1.29, 1.82) is 0 Å². The molecule has 2 N–H and O–H groups in total. The maximum atomic E-state index is 12.1. The topological polar surface area (TPSA) is 67.4 Å². The lowest BCUT2D eigenvalue weighted by molar-refractivity contribution is -0.158. The molecule has 1 aliphatic rings. The summed E-state index contributed by atoms with van der Waals surface area (Å²) in [5.41, 5.74) is -0.544. The standard InChI is InChI=1S/C14H26N2O3/c1-6-9(2)11(12(17)19-14(3,4)5)16-13(18)15-10-7-8-10/h9-11H,6-8H2,1-5H3,(H2,15,16,18)/t9-,11-/m0/s1. The number of urea groups is 1. The van der Waals surface area contributed by atoms with E-state index in [9.17, 15) is 9.59 Å². The van der Waals surface area contributed by atoms with Crippen LogP contribution in [-0.2, 0) is 9.53 Å². The van der Waals surface area contributed by atoms with Gasteiger partial charge in [-0.3, -0.25) is 0 Å². The highest BCUT2D eigenvalue weighted by Gasteiger charge is 2.32. The first-order chi connectivity index (χ1) is 8.73. The zero-order valence-electron chi connectivity index (χ0n) is 12.6. The van der Waals surface area contributed by atoms with Crippen LogP contribution in [0.2, 0.25) is 0 Å². The van der Waals surface area contributed by atoms with Crippen LogP contribution >= 0.6 is 0 Å². The first-order valence-electron chi connectivity index (χ1n) is 7.03. The second-order valence-corrected chi connectivity index (χ2v) is 6.29. The molecular formula is C14H26N2O3. The summed E-state index contributed by atoms with van der Waals surface area (Å²) >= 11 is 0. The first kappa shape index (κ1) is 15.8. The molecule has 19 heavy (non-hydrogen) atoms. The van der Waals surface area contributed by atoms with Crippen LogP contribution in [0.15, 0.2) is 0 Å². The van der Waals surface area contributed by atoms with E-state index < -0.39 is 11.6 Å². The molecule has 5 heteroatoms. The second-order valence-electron chi connectivity index (χ2n) is 6.29. The number of hydrogen-bond acceptors (Lipinski definition) is 3. The Bertz CT molecular complexity index is 332. The molecule has 0 aliphatic heterocycles. The van der Waals surface area contributed by atoms with Crippen molar-refractivity contribution < 1.29 is 14.3 Å². The molecule has 1 fully saturated rings. The summed E-state index contributed by atoms with van der Waals surface area (Å²) in [4.78, 5) is 23.9. The van der Waals surface area contributed by atoms with Crippen molar-refractivity contribution in [3.63, 3.8) is 0 Å². The van der Waals surface area contributed by atoms with E-state index in [1.54, 1.807) is 0 Å². The fourth-order valence-corrected chi connectivity index (χ4v) is 1.63. The third-order valence-corrected chi connectivity index (χ3v) is 3.07. The Hall–Kier alpha value is -1.26. The zero-order valence-corrected chi connectivity index (χ0v) is 12.6. The van der Waals surface area contributed by atoms with Gasteiger partial charge in [0.15, 0.2) is 0 Å². The molecule has 0 unspecified atom stereocenters. The van der Waals surface area contributed by atoms with Crippen LogP contribution in [-0.4, -0.2) is 29.7 Å². The summed E-state index contributed by atoms with van der Waals surface area (Å²) in [5, 5.41) is 5.56. The average Bonchev–Trinajstić information content (AvgIpc) is 3.06. The fraction of sp³-hybridized carbons (Fsp3) is 0.857. The summed E-state index contributed by atoms with van der Waals surface area (Å²) in [6, 6.07) is -0.599. The van der Waals surface area contributed by atoms with Crippen LogP contribution in [0.3, 0.4) is 0 Å². The van der Waals surface area contributed by atoms with Crippen molar-refractivity contribution in [2.24, 2.45) is 5.92 Å². The van der Waals surface area contributed by atoms with Crippen molar-refractivity contribution in [3.8, 4) is 0 Å². The van der Waals surface area contributed by atoms with Gasteiger partial charge in [0.05, 0.1) is 0 Å². The Morgan fingerprint density at radius 3 is 2.32 bits per heavy atom. The van der Waals surface area contributed by atoms with Gasteiger partial charge < -0.3 is 15.4 Å². The summed E-state index contributed by atoms with van der Waals surface area (Å²) < 4.78 is 5.36. The van der Waals surface area contributed by atoms with Crippen LogP contribution < -0.4 is 10.6 Å². The maximum Gasteiger partial charge on any atom is 0.329 e. The van der Waals surface area contributed by atoms with E-state index in [0.29, 0.717) is 0 Å². The molecule has 2 amide bonds. The van der Waals surface area contributed by atoms with Gasteiger partial charge in [0.25, 0.3) is 0 Å². The number of nitrogens with one attached hydrogen (secondary N) is 2. The Labute approximate surface area is 115 Å². The molecule has 0 aromatic heterocycles. The van der Waals surface area contributed by atoms with Gasteiger partial charge in [0, 0.05) is 6.04 Å². The van der Waals surface area contributed by atoms with E-state index in [2.05, 4.69) is 10.6 Å². The molecule has 0 bridgehead atoms. The van der Waals surface area contributed by atoms with Crippen molar-refractivity contribution >= 4 is 12.0 Å². The molecule has 5 nitrogen and oxygen atoms in total. The van der Waals surface area contributed by atoms with Crippen molar-refractivity contribution in [1.82, 2.24) is 10.6 Å². The van der Waals surface area contributed by atoms with Crippen LogP contribution in [0.25, 0.3) is 0 Å². The number of esters is 1. The zero-order chi connectivity index (χ0) is 14.6. The minimum Gasteiger partial charge on any atom is -0.458 e. The molecule has 0 saturated heterocycles. The highest BCUT2D eigenvalue weighted by Crippen LogP contribution is 2.19. The minimum absolute atomic E-state index is 0.0415. The molecule has 0 heterocycles. The molecule has 0 radical (unpaired) electrons. The quantitative estimate of drug-likeness (QED) is 0.753. The third-order valence-electron chi connectivity index (χ3n) is 3.07. The maximum absolute atomic E-state index is 12.1. The van der Waals surface area contributed by atoms with Gasteiger partial charge in [-0.15, -0.1) is 0 Å². The molecule has 110 valence electrons. The predicted molar refractivity (Wildman–Crippen MR) is 73.8 cm³/mol.